The number of amides is 1. The zero-order chi connectivity index (χ0) is 26.0. The molecule has 2 fully saturated rings. The minimum atomic E-state index is -0.627. The molecule has 2 aliphatic carbocycles. The molecule has 4 heterocycles. The summed E-state index contributed by atoms with van der Waals surface area (Å²) in [6, 6.07) is 8.06. The molecule has 0 bridgehead atoms. The van der Waals surface area contributed by atoms with Gasteiger partial charge in [-0.15, -0.1) is 0 Å². The van der Waals surface area contributed by atoms with Gasteiger partial charge in [0.1, 0.15) is 29.1 Å². The van der Waals surface area contributed by atoms with Gasteiger partial charge in [-0.2, -0.15) is 0 Å². The molecule has 38 heavy (non-hydrogen) atoms. The number of methoxy groups -OCH3 is 1. The minimum Gasteiger partial charge on any atom is -0.480 e. The number of fused-ring (bicyclic) bond motifs is 2. The van der Waals surface area contributed by atoms with Crippen LogP contribution in [-0.2, 0) is 23.9 Å². The summed E-state index contributed by atoms with van der Waals surface area (Å²) in [7, 11) is 3.57. The molecule has 0 unspecified atom stereocenters. The van der Waals surface area contributed by atoms with Crippen LogP contribution < -0.4 is 9.64 Å². The number of aryl methyl sites for hydroxylation is 2. The van der Waals surface area contributed by atoms with Crippen molar-refractivity contribution in [3.8, 4) is 28.7 Å². The quantitative estimate of drug-likeness (QED) is 0.369. The molecule has 0 N–H and O–H groups in total. The normalized spacial score (nSPS) is 17.3. The van der Waals surface area contributed by atoms with Crippen molar-refractivity contribution in [3.05, 3.63) is 65.5 Å². The third kappa shape index (κ3) is 3.70. The fraction of sp³-hybridized carbons (Fsp3) is 0.357. The van der Waals surface area contributed by atoms with E-state index in [1.165, 1.54) is 6.33 Å². The number of hydrogen-bond donors (Lipinski definition) is 0. The number of anilines is 1. The molecule has 10 nitrogen and oxygen atoms in total. The van der Waals surface area contributed by atoms with Gasteiger partial charge in [-0.1, -0.05) is 24.3 Å². The van der Waals surface area contributed by atoms with Crippen molar-refractivity contribution in [3.63, 3.8) is 0 Å². The van der Waals surface area contributed by atoms with Gasteiger partial charge in [-0.25, -0.2) is 29.7 Å². The average molecular weight is 510 g/mol. The van der Waals surface area contributed by atoms with Gasteiger partial charge in [0.25, 0.3) is 0 Å². The molecule has 4 aromatic rings. The summed E-state index contributed by atoms with van der Waals surface area (Å²) in [6.45, 7) is 2.29. The lowest BCUT2D eigenvalue weighted by atomic mass is 10.1. The number of aromatic nitrogens is 6. The van der Waals surface area contributed by atoms with E-state index < -0.39 is 11.7 Å². The molecule has 3 aromatic heterocycles. The minimum absolute atomic E-state index is 0.316. The van der Waals surface area contributed by atoms with Crippen LogP contribution in [0.5, 0.6) is 5.88 Å². The lowest BCUT2D eigenvalue weighted by Gasteiger charge is -2.33. The van der Waals surface area contributed by atoms with E-state index in [1.807, 2.05) is 49.0 Å². The number of imidazole rings is 1. The summed E-state index contributed by atoms with van der Waals surface area (Å²) >= 11 is 0. The number of ether oxygens (including phenoxy) is 2. The Kier molecular flexibility index (Phi) is 5.01. The summed E-state index contributed by atoms with van der Waals surface area (Å²) in [5.41, 5.74) is 4.73. The van der Waals surface area contributed by atoms with Gasteiger partial charge in [0, 0.05) is 30.9 Å². The molecular formula is C28H27N7O3. The van der Waals surface area contributed by atoms with E-state index in [0.717, 1.165) is 59.6 Å². The van der Waals surface area contributed by atoms with Gasteiger partial charge in [0.2, 0.25) is 5.88 Å². The van der Waals surface area contributed by atoms with E-state index in [9.17, 15) is 4.79 Å². The highest BCUT2D eigenvalue weighted by molar-refractivity contribution is 5.91. The van der Waals surface area contributed by atoms with E-state index in [4.69, 9.17) is 19.4 Å². The molecule has 7 rings (SSSR count). The average Bonchev–Trinajstić information content (AvgIpc) is 3.86. The molecule has 1 amide bonds. The number of rotatable bonds is 6. The second-order valence-electron chi connectivity index (χ2n) is 10.3. The van der Waals surface area contributed by atoms with E-state index in [-0.39, 0.29) is 0 Å². The van der Waals surface area contributed by atoms with Crippen LogP contribution in [0.15, 0.2) is 43.0 Å². The van der Waals surface area contributed by atoms with Crippen LogP contribution in [0.3, 0.4) is 0 Å². The molecular weight excluding hydrogens is 482 g/mol. The van der Waals surface area contributed by atoms with Crippen molar-refractivity contribution in [2.45, 2.75) is 50.7 Å². The first kappa shape index (κ1) is 22.8. The van der Waals surface area contributed by atoms with Crippen LogP contribution in [-0.4, -0.2) is 42.7 Å². The smallest absolute Gasteiger partial charge is 0.416 e. The van der Waals surface area contributed by atoms with Crippen LogP contribution in [0.25, 0.3) is 22.8 Å². The standard InChI is InChI=1S/C28H27N7O3/c1-16-13-34(2)24(32-16)19-6-4-17(5-7-19)14-35-25-20(28(10-11-28)38-27(35)36)12-29-23(33-25)21-22(18-8-9-18)30-15-31-26(21)37-3/h4-7,12-13,15,18H,8-11,14H2,1-3H3. The lowest BCUT2D eigenvalue weighted by molar-refractivity contribution is 0.0797. The maximum absolute atomic E-state index is 13.3. The van der Waals surface area contributed by atoms with Gasteiger partial charge in [-0.3, -0.25) is 4.90 Å². The van der Waals surface area contributed by atoms with Gasteiger partial charge >= 0.3 is 6.09 Å². The van der Waals surface area contributed by atoms with Crippen molar-refractivity contribution in [1.29, 1.82) is 0 Å². The number of nitrogens with zero attached hydrogens (tertiary/aromatic N) is 7. The molecule has 0 atom stereocenters. The largest absolute Gasteiger partial charge is 0.480 e. The van der Waals surface area contributed by atoms with Crippen molar-refractivity contribution >= 4 is 11.9 Å². The van der Waals surface area contributed by atoms with Crippen molar-refractivity contribution in [2.75, 3.05) is 12.0 Å². The van der Waals surface area contributed by atoms with Crippen molar-refractivity contribution in [1.82, 2.24) is 29.5 Å². The summed E-state index contributed by atoms with van der Waals surface area (Å²) in [5, 5.41) is 0. The van der Waals surface area contributed by atoms with Gasteiger partial charge in [-0.05, 0) is 38.2 Å². The van der Waals surface area contributed by atoms with Crippen LogP contribution in [0.1, 0.15) is 54.1 Å². The zero-order valence-electron chi connectivity index (χ0n) is 21.5. The predicted octanol–water partition coefficient (Wildman–Crippen LogP) is 4.67. The van der Waals surface area contributed by atoms with Gasteiger partial charge in [0.05, 0.1) is 30.6 Å². The first-order valence-electron chi connectivity index (χ1n) is 12.8. The SMILES string of the molecule is COc1ncnc(C2CC2)c1-c1ncc2c(n1)N(Cc1ccc(-c3nc(C)cn3C)cc1)C(=O)OC21CC1. The second kappa shape index (κ2) is 8.34. The molecule has 192 valence electrons. The second-order valence-corrected chi connectivity index (χ2v) is 10.3. The molecule has 0 radical (unpaired) electrons. The highest BCUT2D eigenvalue weighted by Crippen LogP contribution is 2.55. The number of hydrogen-bond acceptors (Lipinski definition) is 8. The summed E-state index contributed by atoms with van der Waals surface area (Å²) < 4.78 is 13.5. The molecule has 10 heteroatoms. The number of carbonyl (C=O) groups excluding carboxylic acids is 1. The Bertz CT molecular complexity index is 1570. The Balaban J connectivity index is 1.27. The Morgan fingerprint density at radius 3 is 2.55 bits per heavy atom. The molecule has 1 aromatic carbocycles. The number of carbonyl (C=O) groups is 1. The van der Waals surface area contributed by atoms with E-state index in [0.29, 0.717) is 35.5 Å². The summed E-state index contributed by atoms with van der Waals surface area (Å²) in [5.74, 6) is 2.71. The van der Waals surface area contributed by atoms with E-state index >= 15 is 0 Å². The van der Waals surface area contributed by atoms with Crippen LogP contribution >= 0.6 is 0 Å². The van der Waals surface area contributed by atoms with Gasteiger partial charge < -0.3 is 14.0 Å². The first-order valence-corrected chi connectivity index (χ1v) is 12.8. The molecule has 2 saturated carbocycles. The third-order valence-corrected chi connectivity index (χ3v) is 7.49. The highest BCUT2D eigenvalue weighted by atomic mass is 16.6. The first-order chi connectivity index (χ1) is 18.5. The van der Waals surface area contributed by atoms with Crippen LogP contribution in [0, 0.1) is 6.92 Å². The fourth-order valence-corrected chi connectivity index (χ4v) is 5.25. The van der Waals surface area contributed by atoms with Crippen molar-refractivity contribution in [2.24, 2.45) is 7.05 Å². The fourth-order valence-electron chi connectivity index (χ4n) is 5.25. The maximum Gasteiger partial charge on any atom is 0.416 e. The monoisotopic (exact) mass is 509 g/mol. The Labute approximate surface area is 219 Å². The maximum atomic E-state index is 13.3. The zero-order valence-corrected chi connectivity index (χ0v) is 21.5. The van der Waals surface area contributed by atoms with Crippen molar-refractivity contribution < 1.29 is 14.3 Å². The summed E-state index contributed by atoms with van der Waals surface area (Å²) in [4.78, 5) is 38.0. The van der Waals surface area contributed by atoms with Crippen LogP contribution in [0.2, 0.25) is 0 Å². The van der Waals surface area contributed by atoms with Gasteiger partial charge in [0.15, 0.2) is 5.82 Å². The van der Waals surface area contributed by atoms with E-state index in [2.05, 4.69) is 15.0 Å². The lowest BCUT2D eigenvalue weighted by Crippen LogP contribution is -2.41. The summed E-state index contributed by atoms with van der Waals surface area (Å²) in [6.07, 6.45) is 8.57. The Morgan fingerprint density at radius 1 is 1.11 bits per heavy atom. The molecule has 0 saturated heterocycles. The molecule has 1 aliphatic heterocycles. The topological polar surface area (TPSA) is 108 Å². The number of benzene rings is 1. The van der Waals surface area contributed by atoms with Crippen LogP contribution in [0.4, 0.5) is 10.6 Å². The Hall–Kier alpha value is -4.34. The molecule has 3 aliphatic rings. The third-order valence-electron chi connectivity index (χ3n) is 7.49. The Morgan fingerprint density at radius 2 is 1.89 bits per heavy atom. The predicted molar refractivity (Wildman–Crippen MR) is 139 cm³/mol. The molecule has 1 spiro atoms. The van der Waals surface area contributed by atoms with E-state index in [1.54, 1.807) is 18.2 Å². The highest BCUT2D eigenvalue weighted by Gasteiger charge is 2.55.